The molecule has 0 saturated carbocycles. The van der Waals surface area contributed by atoms with Crippen LogP contribution in [0, 0.1) is 0 Å². The van der Waals surface area contributed by atoms with Crippen LogP contribution in [0.15, 0.2) is 54.6 Å². The fourth-order valence-corrected chi connectivity index (χ4v) is 3.61. The Kier molecular flexibility index (Phi) is 4.07. The lowest BCUT2D eigenvalue weighted by Gasteiger charge is -2.23. The van der Waals surface area contributed by atoms with Crippen LogP contribution in [0.2, 0.25) is 0 Å². The topological polar surface area (TPSA) is 81.8 Å². The number of hydrogen-bond acceptors (Lipinski definition) is 4. The lowest BCUT2D eigenvalue weighted by atomic mass is 9.92. The monoisotopic (exact) mass is 364 g/mol. The third kappa shape index (κ3) is 2.91. The van der Waals surface area contributed by atoms with Crippen molar-refractivity contribution < 1.29 is 14.4 Å². The lowest BCUT2D eigenvalue weighted by molar-refractivity contribution is -0.138. The van der Waals surface area contributed by atoms with E-state index in [9.17, 15) is 14.4 Å². The Morgan fingerprint density at radius 3 is 2.59 bits per heavy atom. The lowest BCUT2D eigenvalue weighted by Crippen LogP contribution is -2.50. The van der Waals surface area contributed by atoms with Crippen LogP contribution in [-0.2, 0) is 21.5 Å². The van der Waals surface area contributed by atoms with Crippen LogP contribution >= 0.6 is 0 Å². The summed E-state index contributed by atoms with van der Waals surface area (Å²) >= 11 is 0. The molecule has 0 aromatic heterocycles. The summed E-state index contributed by atoms with van der Waals surface area (Å²) < 4.78 is 0. The smallest absolute Gasteiger partial charge is 0.344 e. The third-order valence-corrected chi connectivity index (χ3v) is 5.10. The number of nitrogens with one attached hydrogen (secondary N) is 2. The molecular formula is C20H20N4O3. The molecule has 2 aliphatic rings. The summed E-state index contributed by atoms with van der Waals surface area (Å²) in [7, 11) is 0. The summed E-state index contributed by atoms with van der Waals surface area (Å²) in [5.41, 5.74) is 4.11. The fraction of sp³-hybridized carbons (Fsp3) is 0.250. The second-order valence-corrected chi connectivity index (χ2v) is 6.90. The van der Waals surface area contributed by atoms with Crippen molar-refractivity contribution in [3.8, 4) is 0 Å². The minimum atomic E-state index is -1.20. The molecule has 0 radical (unpaired) electrons. The van der Waals surface area contributed by atoms with Gasteiger partial charge in [0.2, 0.25) is 0 Å². The molecule has 7 nitrogen and oxygen atoms in total. The Balaban J connectivity index is 1.46. The third-order valence-electron chi connectivity index (χ3n) is 5.10. The van der Waals surface area contributed by atoms with E-state index < -0.39 is 23.4 Å². The highest BCUT2D eigenvalue weighted by atomic mass is 16.2. The summed E-state index contributed by atoms with van der Waals surface area (Å²) in [5, 5.41) is 3.45. The maximum absolute atomic E-state index is 12.8. The van der Waals surface area contributed by atoms with Gasteiger partial charge in [-0.1, -0.05) is 48.5 Å². The molecule has 2 aromatic carbocycles. The van der Waals surface area contributed by atoms with Crippen molar-refractivity contribution in [3.63, 3.8) is 0 Å². The number of rotatable bonds is 4. The molecule has 1 fully saturated rings. The average molecular weight is 364 g/mol. The standard InChI is InChI=1S/C20H20N4O3/c1-20(15-8-3-2-4-9-15)18(26)24(19(27)21-20)22-17(25)13-23-12-11-14-7-5-6-10-16(14)23/h2-10H,11-13H2,1H3,(H,21,27)(H,22,25)/t20-/m0/s1. The Morgan fingerprint density at radius 2 is 1.81 bits per heavy atom. The minimum Gasteiger partial charge on any atom is -0.362 e. The molecule has 4 rings (SSSR count). The molecule has 2 aromatic rings. The van der Waals surface area contributed by atoms with Gasteiger partial charge in [-0.05, 0) is 30.5 Å². The van der Waals surface area contributed by atoms with Crippen molar-refractivity contribution in [2.75, 3.05) is 18.0 Å². The maximum atomic E-state index is 12.8. The minimum absolute atomic E-state index is 0.0795. The van der Waals surface area contributed by atoms with Crippen LogP contribution in [0.5, 0.6) is 0 Å². The Hall–Kier alpha value is -3.35. The van der Waals surface area contributed by atoms with Crippen molar-refractivity contribution in [2.45, 2.75) is 18.9 Å². The van der Waals surface area contributed by atoms with E-state index in [0.29, 0.717) is 5.56 Å². The van der Waals surface area contributed by atoms with Crippen LogP contribution in [0.3, 0.4) is 0 Å². The van der Waals surface area contributed by atoms with Crippen LogP contribution in [0.4, 0.5) is 10.5 Å². The van der Waals surface area contributed by atoms with Gasteiger partial charge in [0.15, 0.2) is 0 Å². The number of carbonyl (C=O) groups is 3. The number of hydrazine groups is 1. The largest absolute Gasteiger partial charge is 0.362 e. The molecule has 2 heterocycles. The summed E-state index contributed by atoms with van der Waals surface area (Å²) in [6.07, 6.45) is 0.874. The Bertz CT molecular complexity index is 914. The van der Waals surface area contributed by atoms with E-state index >= 15 is 0 Å². The molecule has 0 bridgehead atoms. The molecule has 0 aliphatic carbocycles. The number of benzene rings is 2. The first kappa shape index (κ1) is 17.1. The van der Waals surface area contributed by atoms with Gasteiger partial charge in [-0.15, -0.1) is 0 Å². The van der Waals surface area contributed by atoms with E-state index in [1.165, 1.54) is 5.56 Å². The zero-order chi connectivity index (χ0) is 19.0. The van der Waals surface area contributed by atoms with Crippen LogP contribution < -0.4 is 15.6 Å². The summed E-state index contributed by atoms with van der Waals surface area (Å²) in [4.78, 5) is 39.6. The molecule has 0 unspecified atom stereocenters. The molecule has 0 spiro atoms. The van der Waals surface area contributed by atoms with Crippen LogP contribution in [-0.4, -0.2) is 35.9 Å². The molecule has 2 N–H and O–H groups in total. The predicted molar refractivity (Wildman–Crippen MR) is 99.7 cm³/mol. The van der Waals surface area contributed by atoms with E-state index in [0.717, 1.165) is 23.7 Å². The zero-order valence-electron chi connectivity index (χ0n) is 14.9. The first-order valence-electron chi connectivity index (χ1n) is 8.83. The van der Waals surface area contributed by atoms with E-state index in [1.54, 1.807) is 31.2 Å². The van der Waals surface area contributed by atoms with E-state index in [4.69, 9.17) is 0 Å². The predicted octanol–water partition coefficient (Wildman–Crippen LogP) is 1.55. The van der Waals surface area contributed by atoms with Gasteiger partial charge in [0.25, 0.3) is 11.8 Å². The molecular weight excluding hydrogens is 344 g/mol. The first-order chi connectivity index (χ1) is 13.0. The number of anilines is 1. The normalized spacial score (nSPS) is 21.2. The Labute approximate surface area is 156 Å². The average Bonchev–Trinajstić information content (AvgIpc) is 3.17. The molecule has 7 heteroatoms. The molecule has 2 aliphatic heterocycles. The van der Waals surface area contributed by atoms with Gasteiger partial charge in [0.1, 0.15) is 5.54 Å². The van der Waals surface area contributed by atoms with Crippen molar-refractivity contribution in [3.05, 3.63) is 65.7 Å². The number of para-hydroxylation sites is 1. The van der Waals surface area contributed by atoms with Gasteiger partial charge in [0, 0.05) is 12.2 Å². The van der Waals surface area contributed by atoms with Gasteiger partial charge >= 0.3 is 6.03 Å². The van der Waals surface area contributed by atoms with Gasteiger partial charge in [-0.2, -0.15) is 5.01 Å². The van der Waals surface area contributed by atoms with Crippen molar-refractivity contribution >= 4 is 23.5 Å². The second kappa shape index (κ2) is 6.42. The number of nitrogens with zero attached hydrogens (tertiary/aromatic N) is 2. The van der Waals surface area contributed by atoms with Crippen molar-refractivity contribution in [1.29, 1.82) is 0 Å². The molecule has 138 valence electrons. The molecule has 27 heavy (non-hydrogen) atoms. The van der Waals surface area contributed by atoms with Crippen molar-refractivity contribution in [1.82, 2.24) is 15.8 Å². The number of fused-ring (bicyclic) bond motifs is 1. The molecule has 1 atom stereocenters. The van der Waals surface area contributed by atoms with Gasteiger partial charge in [-0.25, -0.2) is 4.79 Å². The number of carbonyl (C=O) groups excluding carboxylic acids is 3. The summed E-state index contributed by atoms with van der Waals surface area (Å²) in [5.74, 6) is -0.915. The summed E-state index contributed by atoms with van der Waals surface area (Å²) in [6.45, 7) is 2.44. The first-order valence-corrected chi connectivity index (χ1v) is 8.83. The van der Waals surface area contributed by atoms with Gasteiger partial charge in [0.05, 0.1) is 6.54 Å². The number of urea groups is 1. The second-order valence-electron chi connectivity index (χ2n) is 6.90. The number of hydrogen-bond donors (Lipinski definition) is 2. The summed E-state index contributed by atoms with van der Waals surface area (Å²) in [6, 6.07) is 16.2. The van der Waals surface area contributed by atoms with E-state index in [1.807, 2.05) is 35.2 Å². The molecule has 4 amide bonds. The van der Waals surface area contributed by atoms with Crippen LogP contribution in [0.1, 0.15) is 18.1 Å². The number of amides is 4. The highest BCUT2D eigenvalue weighted by Crippen LogP contribution is 2.28. The van der Waals surface area contributed by atoms with E-state index in [-0.39, 0.29) is 6.54 Å². The van der Waals surface area contributed by atoms with Gasteiger partial charge in [-0.3, -0.25) is 15.0 Å². The highest BCUT2D eigenvalue weighted by Gasteiger charge is 2.50. The van der Waals surface area contributed by atoms with Gasteiger partial charge < -0.3 is 10.2 Å². The maximum Gasteiger partial charge on any atom is 0.344 e. The Morgan fingerprint density at radius 1 is 1.11 bits per heavy atom. The quantitative estimate of drug-likeness (QED) is 0.807. The van der Waals surface area contributed by atoms with Crippen molar-refractivity contribution in [2.24, 2.45) is 0 Å². The number of imide groups is 1. The SMILES string of the molecule is C[C@@]1(c2ccccc2)NC(=O)N(NC(=O)CN2CCc3ccccc32)C1=O. The highest BCUT2D eigenvalue weighted by molar-refractivity contribution is 6.08. The van der Waals surface area contributed by atoms with E-state index in [2.05, 4.69) is 10.7 Å². The van der Waals surface area contributed by atoms with Crippen LogP contribution in [0.25, 0.3) is 0 Å². The molecule has 1 saturated heterocycles. The fourth-order valence-electron chi connectivity index (χ4n) is 3.61. The zero-order valence-corrected chi connectivity index (χ0v) is 14.9.